The second kappa shape index (κ2) is 6.34. The number of hydrogen-bond donors (Lipinski definition) is 0. The normalized spacial score (nSPS) is 10.6. The molecule has 2 aromatic heterocycles. The van der Waals surface area contributed by atoms with Crippen molar-refractivity contribution in [3.05, 3.63) is 58.3 Å². The van der Waals surface area contributed by atoms with Gasteiger partial charge in [0.15, 0.2) is 0 Å². The molecule has 0 aliphatic rings. The van der Waals surface area contributed by atoms with E-state index in [0.717, 1.165) is 9.75 Å². The lowest BCUT2D eigenvalue weighted by molar-refractivity contribution is 0.107. The molecule has 0 aliphatic heterocycles. The summed E-state index contributed by atoms with van der Waals surface area (Å²) in [4.78, 5) is 25.4. The molecule has 6 heteroatoms. The summed E-state index contributed by atoms with van der Waals surface area (Å²) in [6, 6.07) is 10.8. The van der Waals surface area contributed by atoms with Crippen LogP contribution in [-0.2, 0) is 0 Å². The Morgan fingerprint density at radius 3 is 1.45 bits per heavy atom. The number of benzene rings is 1. The highest BCUT2D eigenvalue weighted by Crippen LogP contribution is 2.37. The second-order valence-corrected chi connectivity index (χ2v) is 7.03. The van der Waals surface area contributed by atoms with E-state index in [4.69, 9.17) is 23.2 Å². The van der Waals surface area contributed by atoms with Gasteiger partial charge in [-0.05, 0) is 58.2 Å². The van der Waals surface area contributed by atoms with Crippen LogP contribution in [0.15, 0.2) is 47.2 Å². The molecule has 0 spiro atoms. The number of thiophene rings is 2. The van der Waals surface area contributed by atoms with Gasteiger partial charge in [0.1, 0.15) is 0 Å². The Hall–Kier alpha value is -1.46. The highest BCUT2D eigenvalue weighted by atomic mass is 35.5. The molecule has 2 heterocycles. The zero-order valence-corrected chi connectivity index (χ0v) is 14.2. The van der Waals surface area contributed by atoms with Crippen molar-refractivity contribution in [2.24, 2.45) is 0 Å². The van der Waals surface area contributed by atoms with Crippen LogP contribution >= 0.6 is 45.9 Å². The van der Waals surface area contributed by atoms with Crippen molar-refractivity contribution in [2.75, 3.05) is 0 Å². The first-order valence-corrected chi connectivity index (χ1v) is 8.75. The summed E-state index contributed by atoms with van der Waals surface area (Å²) >= 11 is 14.4. The van der Waals surface area contributed by atoms with Crippen LogP contribution in [-0.4, -0.2) is 10.5 Å². The molecule has 22 heavy (non-hydrogen) atoms. The fraction of sp³-hybridized carbons (Fsp3) is 0. The minimum atomic E-state index is -0.560. The zero-order chi connectivity index (χ0) is 15.7. The molecule has 110 valence electrons. The largest absolute Gasteiger partial charge is 0.276 e. The molecular weight excluding hydrogens is 359 g/mol. The first-order valence-electron chi connectivity index (χ1n) is 6.23. The van der Waals surface area contributed by atoms with E-state index in [-0.39, 0.29) is 0 Å². The third-order valence-corrected chi connectivity index (χ3v) is 5.37. The van der Waals surface area contributed by atoms with E-state index in [1.807, 2.05) is 35.0 Å². The smallest absolute Gasteiger partial charge is 0.253 e. The maximum Gasteiger partial charge on any atom is 0.253 e. The van der Waals surface area contributed by atoms with Crippen molar-refractivity contribution in [3.8, 4) is 20.9 Å². The molecule has 0 atom stereocenters. The van der Waals surface area contributed by atoms with Gasteiger partial charge in [-0.25, -0.2) is 0 Å². The molecule has 0 saturated carbocycles. The van der Waals surface area contributed by atoms with Crippen molar-refractivity contribution >= 4 is 56.4 Å². The maximum atomic E-state index is 11.8. The summed E-state index contributed by atoms with van der Waals surface area (Å²) < 4.78 is 0. The average molecular weight is 367 g/mol. The van der Waals surface area contributed by atoms with Crippen LogP contribution < -0.4 is 0 Å². The maximum absolute atomic E-state index is 11.8. The lowest BCUT2D eigenvalue weighted by Crippen LogP contribution is -2.00. The van der Waals surface area contributed by atoms with Crippen LogP contribution in [0.1, 0.15) is 20.7 Å². The lowest BCUT2D eigenvalue weighted by atomic mass is 9.97. The third kappa shape index (κ3) is 2.88. The highest BCUT2D eigenvalue weighted by Gasteiger charge is 2.20. The second-order valence-electron chi connectivity index (χ2n) is 4.45. The average Bonchev–Trinajstić information content (AvgIpc) is 3.19. The number of carbonyl (C=O) groups is 2. The van der Waals surface area contributed by atoms with Gasteiger partial charge in [-0.15, -0.1) is 22.7 Å². The van der Waals surface area contributed by atoms with Crippen molar-refractivity contribution < 1.29 is 9.59 Å². The molecule has 0 fully saturated rings. The van der Waals surface area contributed by atoms with Crippen molar-refractivity contribution in [1.29, 1.82) is 0 Å². The van der Waals surface area contributed by atoms with E-state index in [1.54, 1.807) is 12.1 Å². The highest BCUT2D eigenvalue weighted by molar-refractivity contribution is 7.14. The van der Waals surface area contributed by atoms with Crippen LogP contribution in [0.4, 0.5) is 0 Å². The first kappa shape index (κ1) is 15.4. The lowest BCUT2D eigenvalue weighted by Gasteiger charge is -2.11. The Morgan fingerprint density at radius 2 is 1.18 bits per heavy atom. The molecule has 0 bridgehead atoms. The molecule has 3 aromatic rings. The van der Waals surface area contributed by atoms with Crippen LogP contribution in [0.25, 0.3) is 20.9 Å². The van der Waals surface area contributed by atoms with Gasteiger partial charge in [0.2, 0.25) is 0 Å². The number of halogens is 2. The standard InChI is InChI=1S/C16H8Cl2O2S2/c17-15(19)11-8-10(14-4-2-6-22-14)12(16(18)20)7-9(11)13-3-1-5-21-13/h1-8H. The summed E-state index contributed by atoms with van der Waals surface area (Å²) in [6.07, 6.45) is 0. The van der Waals surface area contributed by atoms with Crippen LogP contribution in [0.3, 0.4) is 0 Å². The van der Waals surface area contributed by atoms with E-state index in [0.29, 0.717) is 22.3 Å². The van der Waals surface area contributed by atoms with Crippen LogP contribution in [0.2, 0.25) is 0 Å². The monoisotopic (exact) mass is 366 g/mol. The molecule has 0 radical (unpaired) electrons. The summed E-state index contributed by atoms with van der Waals surface area (Å²) in [5.74, 6) is 0. The van der Waals surface area contributed by atoms with Gasteiger partial charge in [-0.3, -0.25) is 9.59 Å². The van der Waals surface area contributed by atoms with E-state index >= 15 is 0 Å². The fourth-order valence-electron chi connectivity index (χ4n) is 2.20. The van der Waals surface area contributed by atoms with Gasteiger partial charge in [-0.2, -0.15) is 0 Å². The molecule has 0 N–H and O–H groups in total. The predicted molar refractivity (Wildman–Crippen MR) is 93.4 cm³/mol. The van der Waals surface area contributed by atoms with Gasteiger partial charge < -0.3 is 0 Å². The Bertz CT molecular complexity index is 765. The molecule has 0 amide bonds. The Morgan fingerprint density at radius 1 is 0.773 bits per heavy atom. The van der Waals surface area contributed by atoms with Gasteiger partial charge in [0.05, 0.1) is 0 Å². The van der Waals surface area contributed by atoms with Crippen molar-refractivity contribution in [2.45, 2.75) is 0 Å². The molecular formula is C16H8Cl2O2S2. The van der Waals surface area contributed by atoms with E-state index < -0.39 is 10.5 Å². The fourth-order valence-corrected chi connectivity index (χ4v) is 4.02. The molecule has 3 rings (SSSR count). The molecule has 0 unspecified atom stereocenters. The van der Waals surface area contributed by atoms with E-state index in [9.17, 15) is 9.59 Å². The van der Waals surface area contributed by atoms with Crippen LogP contribution in [0, 0.1) is 0 Å². The van der Waals surface area contributed by atoms with E-state index in [1.165, 1.54) is 22.7 Å². The molecule has 2 nitrogen and oxygen atoms in total. The summed E-state index contributed by atoms with van der Waals surface area (Å²) in [7, 11) is 0. The number of carbonyl (C=O) groups excluding carboxylic acids is 2. The third-order valence-electron chi connectivity index (χ3n) is 3.15. The number of hydrogen-bond acceptors (Lipinski definition) is 4. The Labute approximate surface area is 144 Å². The summed E-state index contributed by atoms with van der Waals surface area (Å²) in [5, 5.41) is 2.67. The molecule has 1 aromatic carbocycles. The van der Waals surface area contributed by atoms with Gasteiger partial charge >= 0.3 is 0 Å². The molecule has 0 aliphatic carbocycles. The summed E-state index contributed by atoms with van der Waals surface area (Å²) in [5.41, 5.74) is 1.99. The van der Waals surface area contributed by atoms with Gasteiger partial charge in [0.25, 0.3) is 10.5 Å². The summed E-state index contributed by atoms with van der Waals surface area (Å²) in [6.45, 7) is 0. The van der Waals surface area contributed by atoms with Crippen molar-refractivity contribution in [1.82, 2.24) is 0 Å². The van der Waals surface area contributed by atoms with E-state index in [2.05, 4.69) is 0 Å². The van der Waals surface area contributed by atoms with Crippen LogP contribution in [0.5, 0.6) is 0 Å². The molecule has 0 saturated heterocycles. The first-order chi connectivity index (χ1) is 10.6. The SMILES string of the molecule is O=C(Cl)c1cc(-c2cccs2)c(C(=O)Cl)cc1-c1cccs1. The minimum Gasteiger partial charge on any atom is -0.276 e. The van der Waals surface area contributed by atoms with Gasteiger partial charge in [-0.1, -0.05) is 12.1 Å². The minimum absolute atomic E-state index is 0.370. The Balaban J connectivity index is 2.31. The van der Waals surface area contributed by atoms with Crippen molar-refractivity contribution in [3.63, 3.8) is 0 Å². The quantitative estimate of drug-likeness (QED) is 0.538. The van der Waals surface area contributed by atoms with Gasteiger partial charge in [0, 0.05) is 32.0 Å². The topological polar surface area (TPSA) is 34.1 Å². The number of rotatable bonds is 4. The zero-order valence-electron chi connectivity index (χ0n) is 11.0. The Kier molecular flexibility index (Phi) is 4.45. The predicted octanol–water partition coefficient (Wildman–Crippen LogP) is 5.90.